The second-order valence-corrected chi connectivity index (χ2v) is 6.97. The normalized spacial score (nSPS) is 13.0. The summed E-state index contributed by atoms with van der Waals surface area (Å²) >= 11 is 1.36. The zero-order valence-corrected chi connectivity index (χ0v) is 15.2. The first-order chi connectivity index (χ1) is 13.2. The van der Waals surface area contributed by atoms with Gasteiger partial charge in [-0.05, 0) is 17.7 Å². The SMILES string of the molecule is O=C(NCc1ccccc1)c1csc(CN2C(=O)COc3ccccc32)n1. The summed E-state index contributed by atoms with van der Waals surface area (Å²) in [6.45, 7) is 0.768. The second-order valence-electron chi connectivity index (χ2n) is 6.03. The Morgan fingerprint density at radius 1 is 1.15 bits per heavy atom. The fourth-order valence-electron chi connectivity index (χ4n) is 2.82. The number of para-hydroxylation sites is 2. The molecule has 0 aliphatic carbocycles. The highest BCUT2D eigenvalue weighted by molar-refractivity contribution is 7.09. The number of carbonyl (C=O) groups excluding carboxylic acids is 2. The van der Waals surface area contributed by atoms with Crippen molar-refractivity contribution < 1.29 is 14.3 Å². The van der Waals surface area contributed by atoms with Gasteiger partial charge >= 0.3 is 0 Å². The van der Waals surface area contributed by atoms with Crippen molar-refractivity contribution >= 4 is 28.8 Å². The number of anilines is 1. The fraction of sp³-hybridized carbons (Fsp3) is 0.150. The molecule has 0 radical (unpaired) electrons. The summed E-state index contributed by atoms with van der Waals surface area (Å²) in [6.07, 6.45) is 0. The third kappa shape index (κ3) is 3.83. The molecule has 3 aromatic rings. The van der Waals surface area contributed by atoms with Crippen LogP contribution in [0.15, 0.2) is 60.0 Å². The van der Waals surface area contributed by atoms with Gasteiger partial charge in [0.1, 0.15) is 16.5 Å². The average Bonchev–Trinajstić information content (AvgIpc) is 3.18. The Morgan fingerprint density at radius 2 is 1.93 bits per heavy atom. The Hall–Kier alpha value is -3.19. The maximum absolute atomic E-state index is 12.3. The van der Waals surface area contributed by atoms with Gasteiger partial charge in [0.2, 0.25) is 0 Å². The second kappa shape index (κ2) is 7.59. The highest BCUT2D eigenvalue weighted by Gasteiger charge is 2.26. The summed E-state index contributed by atoms with van der Waals surface area (Å²) in [6, 6.07) is 17.1. The van der Waals surface area contributed by atoms with Gasteiger partial charge in [-0.1, -0.05) is 42.5 Å². The Balaban J connectivity index is 1.44. The molecule has 0 saturated heterocycles. The van der Waals surface area contributed by atoms with Crippen LogP contribution in [0.4, 0.5) is 5.69 Å². The number of hydrogen-bond acceptors (Lipinski definition) is 5. The van der Waals surface area contributed by atoms with Gasteiger partial charge in [0.15, 0.2) is 6.61 Å². The Bertz CT molecular complexity index is 971. The van der Waals surface area contributed by atoms with E-state index in [0.717, 1.165) is 11.3 Å². The van der Waals surface area contributed by atoms with E-state index >= 15 is 0 Å². The fourth-order valence-corrected chi connectivity index (χ4v) is 3.58. The third-order valence-electron chi connectivity index (χ3n) is 4.18. The lowest BCUT2D eigenvalue weighted by molar-refractivity contribution is -0.121. The van der Waals surface area contributed by atoms with E-state index in [1.54, 1.807) is 10.3 Å². The van der Waals surface area contributed by atoms with Crippen molar-refractivity contribution in [2.75, 3.05) is 11.5 Å². The largest absolute Gasteiger partial charge is 0.482 e. The van der Waals surface area contributed by atoms with Crippen molar-refractivity contribution in [1.29, 1.82) is 0 Å². The first-order valence-electron chi connectivity index (χ1n) is 8.49. The van der Waals surface area contributed by atoms with Gasteiger partial charge in [-0.2, -0.15) is 0 Å². The molecule has 2 aromatic carbocycles. The lowest BCUT2D eigenvalue weighted by Crippen LogP contribution is -2.38. The van der Waals surface area contributed by atoms with E-state index in [0.29, 0.717) is 29.5 Å². The number of amides is 2. The van der Waals surface area contributed by atoms with Crippen molar-refractivity contribution in [2.24, 2.45) is 0 Å². The van der Waals surface area contributed by atoms with E-state index in [-0.39, 0.29) is 18.4 Å². The van der Waals surface area contributed by atoms with Crippen molar-refractivity contribution in [3.63, 3.8) is 0 Å². The zero-order valence-electron chi connectivity index (χ0n) is 14.4. The number of rotatable bonds is 5. The molecule has 1 aliphatic heterocycles. The molecule has 0 fully saturated rings. The van der Waals surface area contributed by atoms with E-state index in [9.17, 15) is 9.59 Å². The summed E-state index contributed by atoms with van der Waals surface area (Å²) in [4.78, 5) is 30.6. The minimum Gasteiger partial charge on any atom is -0.482 e. The van der Waals surface area contributed by atoms with Gasteiger partial charge in [-0.15, -0.1) is 11.3 Å². The van der Waals surface area contributed by atoms with Gasteiger partial charge in [-0.25, -0.2) is 4.98 Å². The number of ether oxygens (including phenoxy) is 1. The van der Waals surface area contributed by atoms with Gasteiger partial charge in [0, 0.05) is 11.9 Å². The summed E-state index contributed by atoms with van der Waals surface area (Å²) in [5.41, 5.74) is 2.11. The van der Waals surface area contributed by atoms with E-state index < -0.39 is 0 Å². The Morgan fingerprint density at radius 3 is 2.78 bits per heavy atom. The van der Waals surface area contributed by atoms with E-state index in [4.69, 9.17) is 4.74 Å². The van der Waals surface area contributed by atoms with Gasteiger partial charge in [0.25, 0.3) is 11.8 Å². The van der Waals surface area contributed by atoms with Crippen molar-refractivity contribution in [2.45, 2.75) is 13.1 Å². The highest BCUT2D eigenvalue weighted by Crippen LogP contribution is 2.32. The van der Waals surface area contributed by atoms with Crippen LogP contribution in [0.2, 0.25) is 0 Å². The molecule has 0 atom stereocenters. The monoisotopic (exact) mass is 379 g/mol. The molecule has 6 nitrogen and oxygen atoms in total. The number of nitrogens with zero attached hydrogens (tertiary/aromatic N) is 2. The van der Waals surface area contributed by atoms with Gasteiger partial charge in [-0.3, -0.25) is 14.5 Å². The van der Waals surface area contributed by atoms with Crippen LogP contribution in [0, 0.1) is 0 Å². The molecule has 1 aliphatic rings. The van der Waals surface area contributed by atoms with Crippen molar-refractivity contribution in [3.05, 3.63) is 76.2 Å². The third-order valence-corrected chi connectivity index (χ3v) is 5.02. The zero-order chi connectivity index (χ0) is 18.6. The van der Waals surface area contributed by atoms with Crippen LogP contribution in [0.5, 0.6) is 5.75 Å². The smallest absolute Gasteiger partial charge is 0.271 e. The lowest BCUT2D eigenvalue weighted by atomic mass is 10.2. The van der Waals surface area contributed by atoms with E-state index in [2.05, 4.69) is 10.3 Å². The van der Waals surface area contributed by atoms with Gasteiger partial charge < -0.3 is 10.1 Å². The predicted molar refractivity (Wildman–Crippen MR) is 103 cm³/mol. The molecule has 1 aromatic heterocycles. The number of fused-ring (bicyclic) bond motifs is 1. The number of carbonyl (C=O) groups is 2. The van der Waals surface area contributed by atoms with Crippen molar-refractivity contribution in [3.8, 4) is 5.75 Å². The predicted octanol–water partition coefficient (Wildman–Crippen LogP) is 3.00. The maximum atomic E-state index is 12.3. The molecular weight excluding hydrogens is 362 g/mol. The first kappa shape index (κ1) is 17.2. The summed E-state index contributed by atoms with van der Waals surface area (Å²) in [5.74, 6) is 0.323. The molecule has 4 rings (SSSR count). The molecular formula is C20H17N3O3S. The first-order valence-corrected chi connectivity index (χ1v) is 9.37. The van der Waals surface area contributed by atoms with Crippen LogP contribution in [-0.2, 0) is 17.9 Å². The minimum absolute atomic E-state index is 0.00675. The van der Waals surface area contributed by atoms with Crippen LogP contribution in [0.3, 0.4) is 0 Å². The van der Waals surface area contributed by atoms with E-state index in [1.807, 2.05) is 54.6 Å². The Kier molecular flexibility index (Phi) is 4.84. The molecule has 136 valence electrons. The number of aromatic nitrogens is 1. The van der Waals surface area contributed by atoms with Crippen LogP contribution in [-0.4, -0.2) is 23.4 Å². The molecule has 0 unspecified atom stereocenters. The molecule has 0 saturated carbocycles. The summed E-state index contributed by atoms with van der Waals surface area (Å²) in [7, 11) is 0. The number of thiazole rings is 1. The molecule has 7 heteroatoms. The standard InChI is InChI=1S/C20H17N3O3S/c24-19-12-26-17-9-5-4-8-16(17)23(19)11-18-22-15(13-27-18)20(25)21-10-14-6-2-1-3-7-14/h1-9,13H,10-12H2,(H,21,25). The molecule has 1 N–H and O–H groups in total. The maximum Gasteiger partial charge on any atom is 0.271 e. The number of nitrogens with one attached hydrogen (secondary N) is 1. The van der Waals surface area contributed by atoms with Crippen LogP contribution in [0.1, 0.15) is 21.1 Å². The Labute approximate surface area is 160 Å². The lowest BCUT2D eigenvalue weighted by Gasteiger charge is -2.28. The van der Waals surface area contributed by atoms with Crippen LogP contribution < -0.4 is 15.0 Å². The highest BCUT2D eigenvalue weighted by atomic mass is 32.1. The van der Waals surface area contributed by atoms with Gasteiger partial charge in [0.05, 0.1) is 12.2 Å². The number of benzene rings is 2. The summed E-state index contributed by atoms with van der Waals surface area (Å²) < 4.78 is 5.45. The van der Waals surface area contributed by atoms with Crippen molar-refractivity contribution in [1.82, 2.24) is 10.3 Å². The molecule has 0 bridgehead atoms. The summed E-state index contributed by atoms with van der Waals surface area (Å²) in [5, 5.41) is 5.28. The molecule has 2 amide bonds. The molecule has 2 heterocycles. The topological polar surface area (TPSA) is 71.5 Å². The van der Waals surface area contributed by atoms with Crippen LogP contribution >= 0.6 is 11.3 Å². The molecule has 27 heavy (non-hydrogen) atoms. The minimum atomic E-state index is -0.227. The van der Waals surface area contributed by atoms with Crippen LogP contribution in [0.25, 0.3) is 0 Å². The quantitative estimate of drug-likeness (QED) is 0.740. The van der Waals surface area contributed by atoms with E-state index in [1.165, 1.54) is 11.3 Å². The number of hydrogen-bond donors (Lipinski definition) is 1. The molecule has 0 spiro atoms. The average molecular weight is 379 g/mol.